The summed E-state index contributed by atoms with van der Waals surface area (Å²) in [5.74, 6) is -0.160. The van der Waals surface area contributed by atoms with E-state index in [4.69, 9.17) is 17.3 Å². The molecule has 0 aliphatic rings. The van der Waals surface area contributed by atoms with Crippen molar-refractivity contribution in [2.75, 3.05) is 11.9 Å². The van der Waals surface area contributed by atoms with E-state index in [2.05, 4.69) is 21.2 Å². The SMILES string of the molecule is NCCc1ccccc1C(=O)Nc1ccc(Br)c(Cl)c1. The first-order valence-corrected chi connectivity index (χ1v) is 7.33. The van der Waals surface area contributed by atoms with Gasteiger partial charge in [0.25, 0.3) is 5.91 Å². The van der Waals surface area contributed by atoms with Gasteiger partial charge in [-0.1, -0.05) is 29.8 Å². The number of hydrogen-bond donors (Lipinski definition) is 2. The molecule has 3 N–H and O–H groups in total. The lowest BCUT2D eigenvalue weighted by Gasteiger charge is -2.10. The van der Waals surface area contributed by atoms with E-state index in [1.54, 1.807) is 24.3 Å². The number of nitrogens with two attached hydrogens (primary N) is 1. The number of nitrogens with one attached hydrogen (secondary N) is 1. The molecule has 104 valence electrons. The van der Waals surface area contributed by atoms with Crippen LogP contribution in [0.25, 0.3) is 0 Å². The predicted molar refractivity (Wildman–Crippen MR) is 86.3 cm³/mol. The highest BCUT2D eigenvalue weighted by Crippen LogP contribution is 2.26. The Hall–Kier alpha value is -1.36. The number of carbonyl (C=O) groups is 1. The van der Waals surface area contributed by atoms with Gasteiger partial charge in [-0.05, 0) is 58.7 Å². The van der Waals surface area contributed by atoms with Crippen LogP contribution in [-0.4, -0.2) is 12.5 Å². The van der Waals surface area contributed by atoms with Gasteiger partial charge in [-0.3, -0.25) is 4.79 Å². The maximum absolute atomic E-state index is 12.3. The van der Waals surface area contributed by atoms with Crippen LogP contribution in [-0.2, 0) is 6.42 Å². The Morgan fingerprint density at radius 3 is 2.70 bits per heavy atom. The van der Waals surface area contributed by atoms with Crippen molar-refractivity contribution in [3.05, 3.63) is 63.1 Å². The fourth-order valence-corrected chi connectivity index (χ4v) is 2.31. The average Bonchev–Trinajstić information content (AvgIpc) is 2.44. The summed E-state index contributed by atoms with van der Waals surface area (Å²) in [6.45, 7) is 0.508. The monoisotopic (exact) mass is 352 g/mol. The number of hydrogen-bond acceptors (Lipinski definition) is 2. The molecule has 2 aromatic rings. The topological polar surface area (TPSA) is 55.1 Å². The molecule has 0 radical (unpaired) electrons. The number of benzene rings is 2. The fourth-order valence-electron chi connectivity index (χ4n) is 1.89. The van der Waals surface area contributed by atoms with Gasteiger partial charge in [0.15, 0.2) is 0 Å². The van der Waals surface area contributed by atoms with Crippen molar-refractivity contribution in [1.29, 1.82) is 0 Å². The third-order valence-corrected chi connectivity index (χ3v) is 4.09. The molecule has 0 atom stereocenters. The minimum Gasteiger partial charge on any atom is -0.330 e. The second kappa shape index (κ2) is 6.88. The summed E-state index contributed by atoms with van der Waals surface area (Å²) in [6, 6.07) is 12.7. The lowest BCUT2D eigenvalue weighted by atomic mass is 10.0. The first-order valence-electron chi connectivity index (χ1n) is 6.16. The van der Waals surface area contributed by atoms with Gasteiger partial charge in [-0.25, -0.2) is 0 Å². The van der Waals surface area contributed by atoms with Crippen molar-refractivity contribution in [2.24, 2.45) is 5.73 Å². The first-order chi connectivity index (χ1) is 9.61. The molecular weight excluding hydrogens is 340 g/mol. The number of anilines is 1. The summed E-state index contributed by atoms with van der Waals surface area (Å²) < 4.78 is 0.792. The van der Waals surface area contributed by atoms with Crippen molar-refractivity contribution in [3.8, 4) is 0 Å². The molecule has 2 rings (SSSR count). The van der Waals surface area contributed by atoms with Crippen LogP contribution in [0.15, 0.2) is 46.9 Å². The molecule has 0 unspecified atom stereocenters. The van der Waals surface area contributed by atoms with Gasteiger partial charge in [0.05, 0.1) is 5.02 Å². The zero-order chi connectivity index (χ0) is 14.5. The van der Waals surface area contributed by atoms with Crippen LogP contribution >= 0.6 is 27.5 Å². The van der Waals surface area contributed by atoms with E-state index in [-0.39, 0.29) is 5.91 Å². The maximum Gasteiger partial charge on any atom is 0.255 e. The summed E-state index contributed by atoms with van der Waals surface area (Å²) in [6.07, 6.45) is 0.671. The molecule has 20 heavy (non-hydrogen) atoms. The lowest BCUT2D eigenvalue weighted by Crippen LogP contribution is -2.15. The molecule has 0 spiro atoms. The highest BCUT2D eigenvalue weighted by Gasteiger charge is 2.11. The van der Waals surface area contributed by atoms with Crippen LogP contribution in [0.2, 0.25) is 5.02 Å². The van der Waals surface area contributed by atoms with Crippen molar-refractivity contribution in [2.45, 2.75) is 6.42 Å². The highest BCUT2D eigenvalue weighted by molar-refractivity contribution is 9.10. The predicted octanol–water partition coefficient (Wildman–Crippen LogP) is 3.86. The summed E-state index contributed by atoms with van der Waals surface area (Å²) in [4.78, 5) is 12.3. The standard InChI is InChI=1S/C15H14BrClN2O/c16-13-6-5-11(9-14(13)17)19-15(20)12-4-2-1-3-10(12)7-8-18/h1-6,9H,7-8,18H2,(H,19,20). The molecule has 3 nitrogen and oxygen atoms in total. The minimum absolute atomic E-state index is 0.160. The normalized spacial score (nSPS) is 10.3. The summed E-state index contributed by atoms with van der Waals surface area (Å²) in [7, 11) is 0. The van der Waals surface area contributed by atoms with Gasteiger partial charge >= 0.3 is 0 Å². The van der Waals surface area contributed by atoms with Crippen LogP contribution in [0.5, 0.6) is 0 Å². The molecule has 0 bridgehead atoms. The molecule has 0 aliphatic heterocycles. The molecule has 0 aliphatic carbocycles. The third kappa shape index (κ3) is 3.60. The average molecular weight is 354 g/mol. The van der Waals surface area contributed by atoms with Gasteiger partial charge < -0.3 is 11.1 Å². The second-order valence-corrected chi connectivity index (χ2v) is 5.54. The number of rotatable bonds is 4. The van der Waals surface area contributed by atoms with E-state index in [1.807, 2.05) is 18.2 Å². The third-order valence-electron chi connectivity index (χ3n) is 2.85. The largest absolute Gasteiger partial charge is 0.330 e. The molecule has 1 amide bonds. The van der Waals surface area contributed by atoms with E-state index < -0.39 is 0 Å². The molecular formula is C15H14BrClN2O. The van der Waals surface area contributed by atoms with Gasteiger partial charge in [0.1, 0.15) is 0 Å². The van der Waals surface area contributed by atoms with E-state index in [1.165, 1.54) is 0 Å². The van der Waals surface area contributed by atoms with Crippen LogP contribution in [0, 0.1) is 0 Å². The van der Waals surface area contributed by atoms with Crippen LogP contribution in [0.1, 0.15) is 15.9 Å². The zero-order valence-corrected chi connectivity index (χ0v) is 13.0. The summed E-state index contributed by atoms with van der Waals surface area (Å²) in [5.41, 5.74) is 7.80. The van der Waals surface area contributed by atoms with Crippen LogP contribution < -0.4 is 11.1 Å². The summed E-state index contributed by atoms with van der Waals surface area (Å²) in [5, 5.41) is 3.39. The smallest absolute Gasteiger partial charge is 0.255 e. The Morgan fingerprint density at radius 2 is 2.00 bits per heavy atom. The minimum atomic E-state index is -0.160. The quantitative estimate of drug-likeness (QED) is 0.877. The number of halogens is 2. The Labute approximate surface area is 131 Å². The lowest BCUT2D eigenvalue weighted by molar-refractivity contribution is 0.102. The summed E-state index contributed by atoms with van der Waals surface area (Å²) >= 11 is 9.32. The van der Waals surface area contributed by atoms with Gasteiger partial charge in [0.2, 0.25) is 0 Å². The van der Waals surface area contributed by atoms with Crippen LogP contribution in [0.3, 0.4) is 0 Å². The van der Waals surface area contributed by atoms with E-state index in [0.717, 1.165) is 10.0 Å². The molecule has 0 heterocycles. The molecule has 2 aromatic carbocycles. The second-order valence-electron chi connectivity index (χ2n) is 4.28. The van der Waals surface area contributed by atoms with E-state index in [9.17, 15) is 4.79 Å². The molecule has 0 saturated carbocycles. The number of carbonyl (C=O) groups excluding carboxylic acids is 1. The van der Waals surface area contributed by atoms with Crippen molar-refractivity contribution in [1.82, 2.24) is 0 Å². The van der Waals surface area contributed by atoms with Crippen LogP contribution in [0.4, 0.5) is 5.69 Å². The highest BCUT2D eigenvalue weighted by atomic mass is 79.9. The molecule has 0 saturated heterocycles. The van der Waals surface area contributed by atoms with E-state index >= 15 is 0 Å². The molecule has 0 fully saturated rings. The Morgan fingerprint density at radius 1 is 1.25 bits per heavy atom. The maximum atomic E-state index is 12.3. The Balaban J connectivity index is 2.21. The van der Waals surface area contributed by atoms with Gasteiger partial charge in [-0.2, -0.15) is 0 Å². The van der Waals surface area contributed by atoms with E-state index in [0.29, 0.717) is 29.2 Å². The number of amides is 1. The first kappa shape index (κ1) is 15.0. The van der Waals surface area contributed by atoms with Crippen molar-refractivity contribution >= 4 is 39.1 Å². The van der Waals surface area contributed by atoms with Gasteiger partial charge in [0, 0.05) is 15.7 Å². The Bertz CT molecular complexity index is 631. The molecule has 5 heteroatoms. The molecule has 0 aromatic heterocycles. The fraction of sp³-hybridized carbons (Fsp3) is 0.133. The van der Waals surface area contributed by atoms with Crippen molar-refractivity contribution in [3.63, 3.8) is 0 Å². The van der Waals surface area contributed by atoms with Gasteiger partial charge in [-0.15, -0.1) is 0 Å². The Kier molecular flexibility index (Phi) is 5.17. The van der Waals surface area contributed by atoms with Crippen molar-refractivity contribution < 1.29 is 4.79 Å². The zero-order valence-electron chi connectivity index (χ0n) is 10.7.